The lowest BCUT2D eigenvalue weighted by molar-refractivity contribution is 0.630. The van der Waals surface area contributed by atoms with E-state index in [0.717, 1.165) is 22.9 Å². The van der Waals surface area contributed by atoms with Crippen molar-refractivity contribution < 1.29 is 4.39 Å². The van der Waals surface area contributed by atoms with Gasteiger partial charge in [-0.1, -0.05) is 11.6 Å². The van der Waals surface area contributed by atoms with Crippen LogP contribution in [0.3, 0.4) is 0 Å². The van der Waals surface area contributed by atoms with Crippen molar-refractivity contribution in [2.45, 2.75) is 19.4 Å². The Morgan fingerprint density at radius 3 is 2.81 bits per heavy atom. The lowest BCUT2D eigenvalue weighted by Gasteiger charge is -2.03. The standard InChI is InChI=1S/C12H14ClFN2/c1-7(15)3-8-6-16(2)12-5-10(13)11(14)4-9(8)12/h4-7H,3,15H2,1-2H3/t7-/m0/s1. The number of aryl methyl sites for hydroxylation is 1. The summed E-state index contributed by atoms with van der Waals surface area (Å²) in [5.74, 6) is -0.383. The van der Waals surface area contributed by atoms with Crippen LogP contribution in [-0.2, 0) is 13.5 Å². The zero-order valence-corrected chi connectivity index (χ0v) is 10.1. The monoisotopic (exact) mass is 240 g/mol. The molecular weight excluding hydrogens is 227 g/mol. The van der Waals surface area contributed by atoms with Gasteiger partial charge in [0.25, 0.3) is 0 Å². The van der Waals surface area contributed by atoms with E-state index >= 15 is 0 Å². The van der Waals surface area contributed by atoms with E-state index in [0.29, 0.717) is 0 Å². The van der Waals surface area contributed by atoms with Crippen LogP contribution in [0.2, 0.25) is 5.02 Å². The number of rotatable bonds is 2. The molecule has 0 unspecified atom stereocenters. The zero-order chi connectivity index (χ0) is 11.9. The summed E-state index contributed by atoms with van der Waals surface area (Å²) in [6, 6.07) is 3.19. The third kappa shape index (κ3) is 1.93. The summed E-state index contributed by atoms with van der Waals surface area (Å²) in [5.41, 5.74) is 7.75. The Bertz CT molecular complexity index is 531. The van der Waals surface area contributed by atoms with Gasteiger partial charge in [-0.05, 0) is 31.0 Å². The normalized spacial score (nSPS) is 13.3. The van der Waals surface area contributed by atoms with Gasteiger partial charge < -0.3 is 10.3 Å². The van der Waals surface area contributed by atoms with Crippen LogP contribution in [0, 0.1) is 5.82 Å². The van der Waals surface area contributed by atoms with Crippen molar-refractivity contribution in [3.63, 3.8) is 0 Å². The molecule has 0 spiro atoms. The number of benzene rings is 1. The smallest absolute Gasteiger partial charge is 0.142 e. The Kier molecular flexibility index (Phi) is 2.91. The highest BCUT2D eigenvalue weighted by Gasteiger charge is 2.11. The summed E-state index contributed by atoms with van der Waals surface area (Å²) >= 11 is 5.76. The molecule has 0 amide bonds. The number of nitrogens with two attached hydrogens (primary N) is 1. The van der Waals surface area contributed by atoms with E-state index in [9.17, 15) is 4.39 Å². The van der Waals surface area contributed by atoms with Crippen molar-refractivity contribution in [2.24, 2.45) is 12.8 Å². The SMILES string of the molecule is C[C@H](N)Cc1cn(C)c2cc(Cl)c(F)cc12. The number of halogens is 2. The molecule has 1 heterocycles. The lowest BCUT2D eigenvalue weighted by Crippen LogP contribution is -2.17. The molecule has 0 aliphatic carbocycles. The fourth-order valence-electron chi connectivity index (χ4n) is 1.97. The minimum absolute atomic E-state index is 0.0596. The molecule has 1 aromatic carbocycles. The fourth-order valence-corrected chi connectivity index (χ4v) is 2.13. The zero-order valence-electron chi connectivity index (χ0n) is 9.30. The van der Waals surface area contributed by atoms with Gasteiger partial charge in [0.05, 0.1) is 5.02 Å². The van der Waals surface area contributed by atoms with Crippen molar-refractivity contribution in [3.8, 4) is 0 Å². The van der Waals surface area contributed by atoms with E-state index in [2.05, 4.69) is 0 Å². The maximum absolute atomic E-state index is 13.4. The summed E-state index contributed by atoms with van der Waals surface area (Å²) in [7, 11) is 1.92. The number of nitrogens with zero attached hydrogens (tertiary/aromatic N) is 1. The molecule has 2 rings (SSSR count). The van der Waals surface area contributed by atoms with Crippen LogP contribution in [0.1, 0.15) is 12.5 Å². The summed E-state index contributed by atoms with van der Waals surface area (Å²) in [6.07, 6.45) is 2.71. The minimum Gasteiger partial charge on any atom is -0.350 e. The number of fused-ring (bicyclic) bond motifs is 1. The van der Waals surface area contributed by atoms with Crippen molar-refractivity contribution in [2.75, 3.05) is 0 Å². The molecule has 0 bridgehead atoms. The Hall–Kier alpha value is -1.06. The predicted molar refractivity (Wildman–Crippen MR) is 65.2 cm³/mol. The van der Waals surface area contributed by atoms with Crippen LogP contribution in [0.5, 0.6) is 0 Å². The van der Waals surface area contributed by atoms with Crippen LogP contribution in [-0.4, -0.2) is 10.6 Å². The lowest BCUT2D eigenvalue weighted by atomic mass is 10.1. The maximum Gasteiger partial charge on any atom is 0.142 e. The highest BCUT2D eigenvalue weighted by molar-refractivity contribution is 6.31. The predicted octanol–water partition coefficient (Wildman–Crippen LogP) is 2.86. The summed E-state index contributed by atoms with van der Waals surface area (Å²) in [4.78, 5) is 0. The number of aromatic nitrogens is 1. The van der Waals surface area contributed by atoms with Crippen LogP contribution in [0.15, 0.2) is 18.3 Å². The minimum atomic E-state index is -0.383. The van der Waals surface area contributed by atoms with Crippen LogP contribution in [0.4, 0.5) is 4.39 Å². The average Bonchev–Trinajstić information content (AvgIpc) is 2.44. The van der Waals surface area contributed by atoms with Crippen molar-refractivity contribution in [1.29, 1.82) is 0 Å². The van der Waals surface area contributed by atoms with Crippen molar-refractivity contribution in [3.05, 3.63) is 34.7 Å². The Morgan fingerprint density at radius 1 is 1.50 bits per heavy atom. The average molecular weight is 241 g/mol. The molecule has 0 saturated heterocycles. The second-order valence-corrected chi connectivity index (χ2v) is 4.64. The molecule has 86 valence electrons. The molecule has 2 aromatic rings. The largest absolute Gasteiger partial charge is 0.350 e. The molecular formula is C12H14ClFN2. The van der Waals surface area contributed by atoms with Gasteiger partial charge in [0, 0.05) is 30.2 Å². The molecule has 1 atom stereocenters. The van der Waals surface area contributed by atoms with E-state index in [-0.39, 0.29) is 16.9 Å². The molecule has 0 aliphatic heterocycles. The topological polar surface area (TPSA) is 30.9 Å². The first-order valence-corrected chi connectivity index (χ1v) is 5.55. The molecule has 0 saturated carbocycles. The third-order valence-corrected chi connectivity index (χ3v) is 2.95. The summed E-state index contributed by atoms with van der Waals surface area (Å²) in [6.45, 7) is 1.94. The van der Waals surface area contributed by atoms with Gasteiger partial charge >= 0.3 is 0 Å². The van der Waals surface area contributed by atoms with Crippen molar-refractivity contribution >= 4 is 22.5 Å². The highest BCUT2D eigenvalue weighted by Crippen LogP contribution is 2.27. The molecule has 0 radical (unpaired) electrons. The third-order valence-electron chi connectivity index (χ3n) is 2.66. The molecule has 0 fully saturated rings. The van der Waals surface area contributed by atoms with Gasteiger partial charge in [-0.15, -0.1) is 0 Å². The number of hydrogen-bond acceptors (Lipinski definition) is 1. The highest BCUT2D eigenvalue weighted by atomic mass is 35.5. The fraction of sp³-hybridized carbons (Fsp3) is 0.333. The Balaban J connectivity index is 2.64. The van der Waals surface area contributed by atoms with E-state index in [1.807, 2.05) is 24.7 Å². The second kappa shape index (κ2) is 4.07. The second-order valence-electron chi connectivity index (χ2n) is 4.23. The van der Waals surface area contributed by atoms with E-state index in [1.165, 1.54) is 6.07 Å². The Labute approximate surface area is 98.8 Å². The first-order chi connectivity index (χ1) is 7.49. The van der Waals surface area contributed by atoms with E-state index in [1.54, 1.807) is 6.07 Å². The molecule has 16 heavy (non-hydrogen) atoms. The van der Waals surface area contributed by atoms with Gasteiger partial charge in [0.15, 0.2) is 0 Å². The molecule has 2 nitrogen and oxygen atoms in total. The van der Waals surface area contributed by atoms with Gasteiger partial charge in [0.2, 0.25) is 0 Å². The van der Waals surface area contributed by atoms with Crippen LogP contribution in [0.25, 0.3) is 10.9 Å². The van der Waals surface area contributed by atoms with Crippen LogP contribution < -0.4 is 5.73 Å². The maximum atomic E-state index is 13.4. The quantitative estimate of drug-likeness (QED) is 0.860. The summed E-state index contributed by atoms with van der Waals surface area (Å²) in [5, 5.41) is 1.04. The first kappa shape index (κ1) is 11.4. The van der Waals surface area contributed by atoms with Gasteiger partial charge in [-0.3, -0.25) is 0 Å². The molecule has 1 aromatic heterocycles. The Morgan fingerprint density at radius 2 is 2.19 bits per heavy atom. The molecule has 0 aliphatic rings. The van der Waals surface area contributed by atoms with Gasteiger partial charge in [-0.2, -0.15) is 0 Å². The molecule has 4 heteroatoms. The van der Waals surface area contributed by atoms with Crippen LogP contribution >= 0.6 is 11.6 Å². The van der Waals surface area contributed by atoms with Gasteiger partial charge in [0.1, 0.15) is 5.82 Å². The van der Waals surface area contributed by atoms with E-state index < -0.39 is 0 Å². The number of hydrogen-bond donors (Lipinski definition) is 1. The van der Waals surface area contributed by atoms with Gasteiger partial charge in [-0.25, -0.2) is 4.39 Å². The van der Waals surface area contributed by atoms with Crippen molar-refractivity contribution in [1.82, 2.24) is 4.57 Å². The van der Waals surface area contributed by atoms with E-state index in [4.69, 9.17) is 17.3 Å². The molecule has 2 N–H and O–H groups in total. The summed E-state index contributed by atoms with van der Waals surface area (Å²) < 4.78 is 15.3. The first-order valence-electron chi connectivity index (χ1n) is 5.17.